The number of thiophene rings is 1. The summed E-state index contributed by atoms with van der Waals surface area (Å²) < 4.78 is 1.09. The monoisotopic (exact) mass is 341 g/mol. The van der Waals surface area contributed by atoms with Crippen molar-refractivity contribution in [2.75, 3.05) is 11.4 Å². The molecular weight excluding hydrogens is 330 g/mol. The molecule has 0 atom stereocenters. The summed E-state index contributed by atoms with van der Waals surface area (Å²) in [4.78, 5) is 3.97. The zero-order valence-corrected chi connectivity index (χ0v) is 13.0. The average Bonchev–Trinajstić information content (AvgIpc) is 2.85. The van der Waals surface area contributed by atoms with Gasteiger partial charge in [0.1, 0.15) is 0 Å². The molecule has 0 fully saturated rings. The van der Waals surface area contributed by atoms with Crippen molar-refractivity contribution in [3.63, 3.8) is 0 Å². The lowest BCUT2D eigenvalue weighted by molar-refractivity contribution is 0.741. The SMILES string of the molecule is ClCc1cc(Br)ccc1N1CCc2sccc2C1. The van der Waals surface area contributed by atoms with E-state index in [-0.39, 0.29) is 0 Å². The number of anilines is 1. The van der Waals surface area contributed by atoms with Gasteiger partial charge in [-0.1, -0.05) is 15.9 Å². The van der Waals surface area contributed by atoms with Gasteiger partial charge in [0.2, 0.25) is 0 Å². The van der Waals surface area contributed by atoms with Gasteiger partial charge in [-0.05, 0) is 47.2 Å². The third-order valence-corrected chi connectivity index (χ3v) is 5.14. The van der Waals surface area contributed by atoms with E-state index in [1.807, 2.05) is 11.3 Å². The number of halogens is 2. The maximum Gasteiger partial charge on any atom is 0.0494 e. The molecular formula is C14H13BrClNS. The smallest absolute Gasteiger partial charge is 0.0494 e. The molecule has 0 N–H and O–H groups in total. The second-order valence-electron chi connectivity index (χ2n) is 4.45. The van der Waals surface area contributed by atoms with E-state index in [0.717, 1.165) is 24.0 Å². The fourth-order valence-corrected chi connectivity index (χ4v) is 3.94. The predicted octanol–water partition coefficient (Wildman–Crippen LogP) is 4.81. The second-order valence-corrected chi connectivity index (χ2v) is 6.63. The van der Waals surface area contributed by atoms with E-state index in [9.17, 15) is 0 Å². The predicted molar refractivity (Wildman–Crippen MR) is 82.8 cm³/mol. The van der Waals surface area contributed by atoms with E-state index >= 15 is 0 Å². The highest BCUT2D eigenvalue weighted by Crippen LogP contribution is 2.31. The average molecular weight is 343 g/mol. The van der Waals surface area contributed by atoms with Crippen LogP contribution in [-0.2, 0) is 18.8 Å². The standard InChI is InChI=1S/C14H13BrClNS/c15-12-1-2-13(11(7-12)8-16)17-5-3-14-10(9-17)4-6-18-14/h1-2,4,6-7H,3,5,8-9H2. The Hall–Kier alpha value is -0.510. The van der Waals surface area contributed by atoms with Gasteiger partial charge in [-0.15, -0.1) is 22.9 Å². The summed E-state index contributed by atoms with van der Waals surface area (Å²) >= 11 is 11.4. The summed E-state index contributed by atoms with van der Waals surface area (Å²) in [6, 6.07) is 8.62. The molecule has 2 aromatic rings. The van der Waals surface area contributed by atoms with Crippen LogP contribution < -0.4 is 4.90 Å². The Bertz CT molecular complexity index is 567. The molecule has 0 spiro atoms. The molecule has 0 saturated heterocycles. The molecule has 4 heteroatoms. The van der Waals surface area contributed by atoms with Crippen LogP contribution in [0.1, 0.15) is 16.0 Å². The molecule has 0 amide bonds. The molecule has 2 heterocycles. The molecule has 1 aromatic heterocycles. The molecule has 94 valence electrons. The van der Waals surface area contributed by atoms with Gasteiger partial charge in [0, 0.05) is 34.0 Å². The minimum Gasteiger partial charge on any atom is -0.367 e. The fraction of sp³-hybridized carbons (Fsp3) is 0.286. The maximum absolute atomic E-state index is 6.06. The van der Waals surface area contributed by atoms with Crippen molar-refractivity contribution in [2.24, 2.45) is 0 Å². The lowest BCUT2D eigenvalue weighted by atomic mass is 10.1. The number of rotatable bonds is 2. The van der Waals surface area contributed by atoms with Gasteiger partial charge < -0.3 is 4.90 Å². The van der Waals surface area contributed by atoms with Crippen LogP contribution in [0.3, 0.4) is 0 Å². The summed E-state index contributed by atoms with van der Waals surface area (Å²) in [6.45, 7) is 2.09. The van der Waals surface area contributed by atoms with Crippen LogP contribution in [0.25, 0.3) is 0 Å². The number of benzene rings is 1. The zero-order valence-electron chi connectivity index (χ0n) is 9.83. The Kier molecular flexibility index (Phi) is 3.64. The highest BCUT2D eigenvalue weighted by molar-refractivity contribution is 9.10. The molecule has 0 radical (unpaired) electrons. The molecule has 0 saturated carbocycles. The third kappa shape index (κ3) is 2.31. The highest BCUT2D eigenvalue weighted by Gasteiger charge is 2.19. The molecule has 0 bridgehead atoms. The molecule has 3 rings (SSSR count). The Balaban J connectivity index is 1.93. The van der Waals surface area contributed by atoms with Gasteiger partial charge in [-0.25, -0.2) is 0 Å². The van der Waals surface area contributed by atoms with Crippen LogP contribution in [0.15, 0.2) is 34.1 Å². The summed E-state index contributed by atoms with van der Waals surface area (Å²) in [6.07, 6.45) is 1.14. The van der Waals surface area contributed by atoms with Gasteiger partial charge >= 0.3 is 0 Å². The minimum absolute atomic E-state index is 0.557. The van der Waals surface area contributed by atoms with Gasteiger partial charge in [0.15, 0.2) is 0 Å². The lowest BCUT2D eigenvalue weighted by Gasteiger charge is -2.30. The van der Waals surface area contributed by atoms with Crippen LogP contribution in [0.2, 0.25) is 0 Å². The number of alkyl halides is 1. The molecule has 18 heavy (non-hydrogen) atoms. The second kappa shape index (κ2) is 5.24. The highest BCUT2D eigenvalue weighted by atomic mass is 79.9. The van der Waals surface area contributed by atoms with Crippen molar-refractivity contribution in [2.45, 2.75) is 18.8 Å². The summed E-state index contributed by atoms with van der Waals surface area (Å²) in [7, 11) is 0. The van der Waals surface area contributed by atoms with Crippen molar-refractivity contribution in [3.8, 4) is 0 Å². The Morgan fingerprint density at radius 2 is 2.22 bits per heavy atom. The first-order valence-electron chi connectivity index (χ1n) is 5.92. The van der Waals surface area contributed by atoms with Crippen molar-refractivity contribution < 1.29 is 0 Å². The van der Waals surface area contributed by atoms with E-state index in [4.69, 9.17) is 11.6 Å². The first-order chi connectivity index (χ1) is 8.78. The quantitative estimate of drug-likeness (QED) is 0.708. The van der Waals surface area contributed by atoms with Crippen LogP contribution in [0.4, 0.5) is 5.69 Å². The Morgan fingerprint density at radius 3 is 3.06 bits per heavy atom. The van der Waals surface area contributed by atoms with E-state index in [2.05, 4.69) is 50.5 Å². The third-order valence-electron chi connectivity index (χ3n) is 3.33. The van der Waals surface area contributed by atoms with E-state index in [1.54, 1.807) is 0 Å². The van der Waals surface area contributed by atoms with E-state index < -0.39 is 0 Å². The van der Waals surface area contributed by atoms with Crippen molar-refractivity contribution >= 4 is 44.6 Å². The van der Waals surface area contributed by atoms with E-state index in [1.165, 1.54) is 21.7 Å². The first-order valence-corrected chi connectivity index (χ1v) is 8.13. The van der Waals surface area contributed by atoms with Gasteiger partial charge in [0.25, 0.3) is 0 Å². The van der Waals surface area contributed by atoms with Crippen molar-refractivity contribution in [3.05, 3.63) is 50.1 Å². The molecule has 1 aliphatic heterocycles. The van der Waals surface area contributed by atoms with Crippen LogP contribution in [0.5, 0.6) is 0 Å². The van der Waals surface area contributed by atoms with Crippen molar-refractivity contribution in [1.82, 2.24) is 0 Å². The van der Waals surface area contributed by atoms with Crippen LogP contribution in [-0.4, -0.2) is 6.54 Å². The van der Waals surface area contributed by atoms with E-state index in [0.29, 0.717) is 5.88 Å². The molecule has 1 aliphatic rings. The maximum atomic E-state index is 6.06. The van der Waals surface area contributed by atoms with Crippen LogP contribution in [0, 0.1) is 0 Å². The van der Waals surface area contributed by atoms with Crippen molar-refractivity contribution in [1.29, 1.82) is 0 Å². The normalized spacial score (nSPS) is 14.7. The zero-order chi connectivity index (χ0) is 12.5. The fourth-order valence-electron chi connectivity index (χ4n) is 2.42. The number of nitrogens with zero attached hydrogens (tertiary/aromatic N) is 1. The molecule has 0 aliphatic carbocycles. The largest absolute Gasteiger partial charge is 0.367 e. The van der Waals surface area contributed by atoms with Gasteiger partial charge in [-0.3, -0.25) is 0 Å². The number of fused-ring (bicyclic) bond motifs is 1. The van der Waals surface area contributed by atoms with Gasteiger partial charge in [0.05, 0.1) is 0 Å². The molecule has 1 aromatic carbocycles. The molecule has 1 nitrogen and oxygen atoms in total. The van der Waals surface area contributed by atoms with Crippen LogP contribution >= 0.6 is 38.9 Å². The Morgan fingerprint density at radius 1 is 1.33 bits per heavy atom. The first kappa shape index (κ1) is 12.5. The Labute approximate surface area is 125 Å². The topological polar surface area (TPSA) is 3.24 Å². The summed E-state index contributed by atoms with van der Waals surface area (Å²) in [5.74, 6) is 0.557. The summed E-state index contributed by atoms with van der Waals surface area (Å²) in [5.41, 5.74) is 3.93. The number of hydrogen-bond acceptors (Lipinski definition) is 2. The molecule has 0 unspecified atom stereocenters. The minimum atomic E-state index is 0.557. The lowest BCUT2D eigenvalue weighted by Crippen LogP contribution is -2.30. The number of hydrogen-bond donors (Lipinski definition) is 0. The summed E-state index contributed by atoms with van der Waals surface area (Å²) in [5, 5.41) is 2.19. The van der Waals surface area contributed by atoms with Gasteiger partial charge in [-0.2, -0.15) is 0 Å².